The first-order valence-electron chi connectivity index (χ1n) is 4.06. The van der Waals surface area contributed by atoms with E-state index in [0.29, 0.717) is 13.1 Å². The van der Waals surface area contributed by atoms with Crippen molar-refractivity contribution in [1.29, 1.82) is 0 Å². The Balaban J connectivity index is 4.60. The van der Waals surface area contributed by atoms with Crippen LogP contribution in [0, 0.1) is 0 Å². The van der Waals surface area contributed by atoms with Gasteiger partial charge in [-0.15, -0.1) is 6.58 Å². The van der Waals surface area contributed by atoms with E-state index < -0.39 is 10.0 Å². The maximum absolute atomic E-state index is 11.5. The highest BCUT2D eigenvalue weighted by atomic mass is 32.2. The zero-order valence-electron chi connectivity index (χ0n) is 7.95. The third kappa shape index (κ3) is 2.60. The lowest BCUT2D eigenvalue weighted by Crippen LogP contribution is -2.36. The summed E-state index contributed by atoms with van der Waals surface area (Å²) in [6.07, 6.45) is 1.60. The van der Waals surface area contributed by atoms with Crippen LogP contribution in [0.4, 0.5) is 0 Å². The molecule has 0 aromatic heterocycles. The summed E-state index contributed by atoms with van der Waals surface area (Å²) in [6, 6.07) is 0. The smallest absolute Gasteiger partial charge is 0.212 e. The molecule has 0 aromatic rings. The molecule has 0 radical (unpaired) electrons. The molecule has 0 rings (SSSR count). The number of hydrogen-bond acceptors (Lipinski definition) is 2. The Bertz CT molecular complexity index is 231. The van der Waals surface area contributed by atoms with Crippen LogP contribution in [0.1, 0.15) is 20.8 Å². The molecule has 0 spiro atoms. The van der Waals surface area contributed by atoms with E-state index >= 15 is 0 Å². The maximum Gasteiger partial charge on any atom is 0.216 e. The Morgan fingerprint density at radius 3 is 2.25 bits per heavy atom. The van der Waals surface area contributed by atoms with Gasteiger partial charge in [-0.3, -0.25) is 0 Å². The minimum atomic E-state index is -3.09. The first kappa shape index (κ1) is 11.6. The van der Waals surface area contributed by atoms with Crippen molar-refractivity contribution >= 4 is 10.0 Å². The molecule has 0 unspecified atom stereocenters. The van der Waals surface area contributed by atoms with E-state index in [2.05, 4.69) is 6.58 Å². The van der Waals surface area contributed by atoms with Crippen molar-refractivity contribution in [3.05, 3.63) is 12.7 Å². The van der Waals surface area contributed by atoms with Crippen LogP contribution in [-0.2, 0) is 10.0 Å². The van der Waals surface area contributed by atoms with Crippen LogP contribution in [0.3, 0.4) is 0 Å². The van der Waals surface area contributed by atoms with E-state index in [0.717, 1.165) is 0 Å². The Hall–Kier alpha value is -0.350. The molecule has 0 amide bonds. The lowest BCUT2D eigenvalue weighted by molar-refractivity contribution is 0.453. The standard InChI is InChI=1S/C8H17NO2S/c1-5-7-9(6-2)12(10,11)8(3)4/h5,8H,1,6-7H2,2-4H3. The Morgan fingerprint density at radius 1 is 1.50 bits per heavy atom. The highest BCUT2D eigenvalue weighted by Crippen LogP contribution is 2.07. The SMILES string of the molecule is C=CCN(CC)S(=O)(=O)C(C)C. The molecule has 0 bridgehead atoms. The van der Waals surface area contributed by atoms with Crippen LogP contribution in [-0.4, -0.2) is 31.1 Å². The van der Waals surface area contributed by atoms with Gasteiger partial charge in [0.2, 0.25) is 10.0 Å². The van der Waals surface area contributed by atoms with E-state index in [4.69, 9.17) is 0 Å². The summed E-state index contributed by atoms with van der Waals surface area (Å²) in [5.41, 5.74) is 0. The molecule has 0 aromatic carbocycles. The van der Waals surface area contributed by atoms with Crippen LogP contribution >= 0.6 is 0 Å². The van der Waals surface area contributed by atoms with Crippen LogP contribution in [0.2, 0.25) is 0 Å². The van der Waals surface area contributed by atoms with Crippen LogP contribution in [0.25, 0.3) is 0 Å². The normalized spacial score (nSPS) is 12.4. The Kier molecular flexibility index (Phi) is 4.49. The molecule has 4 heteroatoms. The number of sulfonamides is 1. The molecule has 0 saturated heterocycles. The predicted molar refractivity (Wildman–Crippen MR) is 51.5 cm³/mol. The first-order chi connectivity index (χ1) is 5.46. The number of rotatable bonds is 5. The van der Waals surface area contributed by atoms with Crippen LogP contribution in [0.5, 0.6) is 0 Å². The fourth-order valence-electron chi connectivity index (χ4n) is 0.855. The molecule has 0 aliphatic heterocycles. The molecular formula is C8H17NO2S. The summed E-state index contributed by atoms with van der Waals surface area (Å²) in [6.45, 7) is 9.61. The quantitative estimate of drug-likeness (QED) is 0.613. The molecule has 0 aliphatic carbocycles. The molecular weight excluding hydrogens is 174 g/mol. The summed E-state index contributed by atoms with van der Waals surface area (Å²) >= 11 is 0. The van der Waals surface area contributed by atoms with Gasteiger partial charge in [-0.1, -0.05) is 13.0 Å². The minimum absolute atomic E-state index is 0.350. The average molecular weight is 191 g/mol. The van der Waals surface area contributed by atoms with Crippen molar-refractivity contribution in [3.63, 3.8) is 0 Å². The molecule has 72 valence electrons. The molecule has 3 nitrogen and oxygen atoms in total. The second-order valence-electron chi connectivity index (χ2n) is 2.83. The molecule has 0 heterocycles. The maximum atomic E-state index is 11.5. The second-order valence-corrected chi connectivity index (χ2v) is 5.32. The highest BCUT2D eigenvalue weighted by Gasteiger charge is 2.22. The van der Waals surface area contributed by atoms with Gasteiger partial charge in [0.25, 0.3) is 0 Å². The van der Waals surface area contributed by atoms with Gasteiger partial charge in [-0.05, 0) is 13.8 Å². The Labute approximate surface area is 75.1 Å². The lowest BCUT2D eigenvalue weighted by atomic mass is 10.6. The zero-order valence-corrected chi connectivity index (χ0v) is 8.76. The third-order valence-electron chi connectivity index (χ3n) is 1.64. The van der Waals surface area contributed by atoms with Gasteiger partial charge < -0.3 is 0 Å². The lowest BCUT2D eigenvalue weighted by Gasteiger charge is -2.20. The second kappa shape index (κ2) is 4.62. The molecule has 0 atom stereocenters. The van der Waals surface area contributed by atoms with E-state index in [1.165, 1.54) is 4.31 Å². The van der Waals surface area contributed by atoms with Gasteiger partial charge >= 0.3 is 0 Å². The summed E-state index contributed by atoms with van der Waals surface area (Å²) < 4.78 is 24.5. The zero-order chi connectivity index (χ0) is 9.78. The van der Waals surface area contributed by atoms with Crippen molar-refractivity contribution in [2.45, 2.75) is 26.0 Å². The topological polar surface area (TPSA) is 37.4 Å². The predicted octanol–water partition coefficient (Wildman–Crippen LogP) is 1.23. The van der Waals surface area contributed by atoms with Gasteiger partial charge in [0, 0.05) is 13.1 Å². The van der Waals surface area contributed by atoms with E-state index in [1.54, 1.807) is 19.9 Å². The number of nitrogens with zero attached hydrogens (tertiary/aromatic N) is 1. The van der Waals surface area contributed by atoms with Crippen molar-refractivity contribution in [2.24, 2.45) is 0 Å². The highest BCUT2D eigenvalue weighted by molar-refractivity contribution is 7.89. The monoisotopic (exact) mass is 191 g/mol. The number of likely N-dealkylation sites (N-methyl/N-ethyl adjacent to an activating group) is 1. The largest absolute Gasteiger partial charge is 0.216 e. The number of hydrogen-bond donors (Lipinski definition) is 0. The van der Waals surface area contributed by atoms with Crippen LogP contribution in [0.15, 0.2) is 12.7 Å². The summed E-state index contributed by atoms with van der Waals surface area (Å²) in [4.78, 5) is 0. The molecule has 12 heavy (non-hydrogen) atoms. The van der Waals surface area contributed by atoms with E-state index in [9.17, 15) is 8.42 Å². The molecule has 0 fully saturated rings. The van der Waals surface area contributed by atoms with E-state index in [1.807, 2.05) is 6.92 Å². The van der Waals surface area contributed by atoms with Crippen molar-refractivity contribution < 1.29 is 8.42 Å². The first-order valence-corrected chi connectivity index (χ1v) is 5.57. The van der Waals surface area contributed by atoms with Crippen molar-refractivity contribution in [1.82, 2.24) is 4.31 Å². The van der Waals surface area contributed by atoms with Gasteiger partial charge in [-0.25, -0.2) is 8.42 Å². The van der Waals surface area contributed by atoms with Gasteiger partial charge in [-0.2, -0.15) is 4.31 Å². The molecule has 0 N–H and O–H groups in total. The van der Waals surface area contributed by atoms with Gasteiger partial charge in [0.15, 0.2) is 0 Å². The van der Waals surface area contributed by atoms with Crippen LogP contribution < -0.4 is 0 Å². The fourth-order valence-corrected chi connectivity index (χ4v) is 2.12. The third-order valence-corrected chi connectivity index (χ3v) is 3.96. The summed E-state index contributed by atoms with van der Waals surface area (Å²) in [5, 5.41) is -0.350. The van der Waals surface area contributed by atoms with Gasteiger partial charge in [0.1, 0.15) is 0 Å². The van der Waals surface area contributed by atoms with Gasteiger partial charge in [0.05, 0.1) is 5.25 Å². The minimum Gasteiger partial charge on any atom is -0.212 e. The fraction of sp³-hybridized carbons (Fsp3) is 0.750. The van der Waals surface area contributed by atoms with Crippen molar-refractivity contribution in [3.8, 4) is 0 Å². The molecule has 0 saturated carbocycles. The average Bonchev–Trinajstić information content (AvgIpc) is 1.99. The summed E-state index contributed by atoms with van der Waals surface area (Å²) in [5.74, 6) is 0. The Morgan fingerprint density at radius 2 is 2.00 bits per heavy atom. The van der Waals surface area contributed by atoms with E-state index in [-0.39, 0.29) is 5.25 Å². The van der Waals surface area contributed by atoms with Crippen molar-refractivity contribution in [2.75, 3.05) is 13.1 Å². The molecule has 0 aliphatic rings. The summed E-state index contributed by atoms with van der Waals surface area (Å²) in [7, 11) is -3.09.